The summed E-state index contributed by atoms with van der Waals surface area (Å²) in [5, 5.41) is 0.580. The van der Waals surface area contributed by atoms with Gasteiger partial charge in [-0.1, -0.05) is 38.8 Å². The molecule has 2 nitrogen and oxygen atoms in total. The molecule has 1 aliphatic rings. The van der Waals surface area contributed by atoms with E-state index in [-0.39, 0.29) is 5.41 Å². The fourth-order valence-electron chi connectivity index (χ4n) is 1.68. The molecule has 1 heterocycles. The molecule has 0 bridgehead atoms. The summed E-state index contributed by atoms with van der Waals surface area (Å²) >= 11 is 6.03. The Bertz CT molecular complexity index is 364. The van der Waals surface area contributed by atoms with Gasteiger partial charge < -0.3 is 0 Å². The van der Waals surface area contributed by atoms with Gasteiger partial charge in [-0.15, -0.1) is 0 Å². The minimum atomic E-state index is -0.0244. The van der Waals surface area contributed by atoms with Crippen LogP contribution in [0.3, 0.4) is 0 Å². The number of hydrogen-bond acceptors (Lipinski definition) is 2. The van der Waals surface area contributed by atoms with Crippen LogP contribution in [0.2, 0.25) is 5.15 Å². The first-order valence-electron chi connectivity index (χ1n) is 5.52. The molecule has 0 aliphatic heterocycles. The number of hydrogen-bond donors (Lipinski definition) is 0. The third-order valence-corrected chi connectivity index (χ3v) is 3.10. The predicted octanol–water partition coefficient (Wildman–Crippen LogP) is 3.70. The van der Waals surface area contributed by atoms with Crippen molar-refractivity contribution in [3.63, 3.8) is 0 Å². The molecule has 0 atom stereocenters. The second kappa shape index (κ2) is 3.75. The highest BCUT2D eigenvalue weighted by atomic mass is 35.5. The molecule has 1 saturated carbocycles. The topological polar surface area (TPSA) is 25.8 Å². The maximum atomic E-state index is 6.03. The third-order valence-electron chi connectivity index (χ3n) is 2.91. The molecular formula is C12H17ClN2. The lowest BCUT2D eigenvalue weighted by molar-refractivity contribution is 0.405. The van der Waals surface area contributed by atoms with Crippen molar-refractivity contribution in [1.29, 1.82) is 0 Å². The molecule has 1 aromatic rings. The van der Waals surface area contributed by atoms with Crippen molar-refractivity contribution in [2.45, 2.75) is 51.4 Å². The highest BCUT2D eigenvalue weighted by Gasteiger charge is 2.25. The van der Waals surface area contributed by atoms with Crippen molar-refractivity contribution in [2.24, 2.45) is 0 Å². The van der Waals surface area contributed by atoms with E-state index in [9.17, 15) is 0 Å². The normalized spacial score (nSPS) is 17.6. The van der Waals surface area contributed by atoms with Crippen LogP contribution in [-0.4, -0.2) is 9.97 Å². The van der Waals surface area contributed by atoms with E-state index in [0.29, 0.717) is 11.1 Å². The number of rotatable bonds is 1. The summed E-state index contributed by atoms with van der Waals surface area (Å²) in [5.41, 5.74) is 1.11. The number of aromatic nitrogens is 2. The first-order valence-corrected chi connectivity index (χ1v) is 5.89. The standard InChI is InChI=1S/C12H17ClN2/c1-12(2,3)11-14-9(7-10(13)15-11)8-5-4-6-8/h7-8H,4-6H2,1-3H3. The van der Waals surface area contributed by atoms with Gasteiger partial charge in [-0.3, -0.25) is 0 Å². The zero-order valence-corrected chi connectivity index (χ0v) is 10.3. The minimum absolute atomic E-state index is 0.0244. The first kappa shape index (κ1) is 10.9. The van der Waals surface area contributed by atoms with Crippen LogP contribution >= 0.6 is 11.6 Å². The molecule has 0 radical (unpaired) electrons. The summed E-state index contributed by atoms with van der Waals surface area (Å²) in [6.07, 6.45) is 3.81. The Morgan fingerprint density at radius 1 is 1.27 bits per heavy atom. The van der Waals surface area contributed by atoms with Gasteiger partial charge in [0, 0.05) is 17.0 Å². The minimum Gasteiger partial charge on any atom is -0.237 e. The summed E-state index contributed by atoms with van der Waals surface area (Å²) in [7, 11) is 0. The Morgan fingerprint density at radius 2 is 1.93 bits per heavy atom. The van der Waals surface area contributed by atoms with Gasteiger partial charge in [0.2, 0.25) is 0 Å². The van der Waals surface area contributed by atoms with Crippen molar-refractivity contribution in [3.8, 4) is 0 Å². The summed E-state index contributed by atoms with van der Waals surface area (Å²) in [6.45, 7) is 6.34. The smallest absolute Gasteiger partial charge is 0.135 e. The average molecular weight is 225 g/mol. The molecule has 0 amide bonds. The number of nitrogens with zero attached hydrogens (tertiary/aromatic N) is 2. The fraction of sp³-hybridized carbons (Fsp3) is 0.667. The second-order valence-corrected chi connectivity index (χ2v) is 5.70. The molecule has 3 heteroatoms. The van der Waals surface area contributed by atoms with E-state index in [4.69, 9.17) is 11.6 Å². The fourth-order valence-corrected chi connectivity index (χ4v) is 1.88. The maximum Gasteiger partial charge on any atom is 0.135 e. The monoisotopic (exact) mass is 224 g/mol. The van der Waals surface area contributed by atoms with Crippen LogP contribution in [0.5, 0.6) is 0 Å². The summed E-state index contributed by atoms with van der Waals surface area (Å²) < 4.78 is 0. The quantitative estimate of drug-likeness (QED) is 0.680. The molecule has 1 fully saturated rings. The molecular weight excluding hydrogens is 208 g/mol. The number of halogens is 1. The van der Waals surface area contributed by atoms with Crippen LogP contribution < -0.4 is 0 Å². The van der Waals surface area contributed by atoms with E-state index >= 15 is 0 Å². The lowest BCUT2D eigenvalue weighted by Crippen LogP contribution is -2.19. The predicted molar refractivity (Wildman–Crippen MR) is 62.3 cm³/mol. The van der Waals surface area contributed by atoms with Gasteiger partial charge in [-0.2, -0.15) is 0 Å². The largest absolute Gasteiger partial charge is 0.237 e. The van der Waals surface area contributed by atoms with Crippen LogP contribution in [0.1, 0.15) is 57.5 Å². The summed E-state index contributed by atoms with van der Waals surface area (Å²) in [4.78, 5) is 8.93. The van der Waals surface area contributed by atoms with Crippen LogP contribution in [0.15, 0.2) is 6.07 Å². The van der Waals surface area contributed by atoms with Crippen molar-refractivity contribution in [2.75, 3.05) is 0 Å². The highest BCUT2D eigenvalue weighted by molar-refractivity contribution is 6.29. The first-order chi connectivity index (χ1) is 6.97. The van der Waals surface area contributed by atoms with E-state index in [1.807, 2.05) is 6.07 Å². The van der Waals surface area contributed by atoms with Crippen LogP contribution in [-0.2, 0) is 5.41 Å². The second-order valence-electron chi connectivity index (χ2n) is 5.32. The lowest BCUT2D eigenvalue weighted by atomic mass is 9.82. The van der Waals surface area contributed by atoms with E-state index < -0.39 is 0 Å². The van der Waals surface area contributed by atoms with E-state index in [2.05, 4.69) is 30.7 Å². The van der Waals surface area contributed by atoms with Crippen molar-refractivity contribution >= 4 is 11.6 Å². The molecule has 0 N–H and O–H groups in total. The SMILES string of the molecule is CC(C)(C)c1nc(Cl)cc(C2CCC2)n1. The van der Waals surface area contributed by atoms with Gasteiger partial charge in [-0.05, 0) is 18.9 Å². The zero-order valence-electron chi connectivity index (χ0n) is 9.55. The van der Waals surface area contributed by atoms with E-state index in [1.165, 1.54) is 19.3 Å². The Kier molecular flexibility index (Phi) is 2.72. The Labute approximate surface area is 96.1 Å². The molecule has 1 aliphatic carbocycles. The van der Waals surface area contributed by atoms with Gasteiger partial charge in [0.15, 0.2) is 0 Å². The van der Waals surface area contributed by atoms with Gasteiger partial charge >= 0.3 is 0 Å². The average Bonchev–Trinajstić information content (AvgIpc) is 1.97. The molecule has 0 unspecified atom stereocenters. The van der Waals surface area contributed by atoms with Gasteiger partial charge in [0.1, 0.15) is 11.0 Å². The Balaban J connectivity index is 2.36. The maximum absolute atomic E-state index is 6.03. The van der Waals surface area contributed by atoms with Crippen molar-refractivity contribution in [3.05, 3.63) is 22.7 Å². The van der Waals surface area contributed by atoms with Gasteiger partial charge in [0.25, 0.3) is 0 Å². The molecule has 2 rings (SSSR count). The summed E-state index contributed by atoms with van der Waals surface area (Å²) in [5.74, 6) is 1.48. The van der Waals surface area contributed by atoms with Crippen molar-refractivity contribution in [1.82, 2.24) is 9.97 Å². The van der Waals surface area contributed by atoms with Gasteiger partial charge in [0.05, 0.1) is 0 Å². The molecule has 82 valence electrons. The third kappa shape index (κ3) is 2.31. The Morgan fingerprint density at radius 3 is 2.40 bits per heavy atom. The van der Waals surface area contributed by atoms with Gasteiger partial charge in [-0.25, -0.2) is 9.97 Å². The van der Waals surface area contributed by atoms with E-state index in [1.54, 1.807) is 0 Å². The molecule has 0 spiro atoms. The Hall–Kier alpha value is -0.630. The van der Waals surface area contributed by atoms with E-state index in [0.717, 1.165) is 11.5 Å². The molecule has 1 aromatic heterocycles. The lowest BCUT2D eigenvalue weighted by Gasteiger charge is -2.26. The molecule has 0 saturated heterocycles. The molecule has 15 heavy (non-hydrogen) atoms. The van der Waals surface area contributed by atoms with Crippen molar-refractivity contribution < 1.29 is 0 Å². The highest BCUT2D eigenvalue weighted by Crippen LogP contribution is 2.36. The molecule has 0 aromatic carbocycles. The van der Waals surface area contributed by atoms with Crippen LogP contribution in [0.25, 0.3) is 0 Å². The van der Waals surface area contributed by atoms with Crippen LogP contribution in [0.4, 0.5) is 0 Å². The zero-order chi connectivity index (χ0) is 11.1. The van der Waals surface area contributed by atoms with Crippen LogP contribution in [0, 0.1) is 0 Å². The summed E-state index contributed by atoms with van der Waals surface area (Å²) in [6, 6.07) is 1.92.